The van der Waals surface area contributed by atoms with E-state index in [2.05, 4.69) is 15.6 Å². The largest absolute Gasteiger partial charge is 0.391 e. The Balaban J connectivity index is 1.42. The number of hydrogen-bond donors (Lipinski definition) is 4. The molecule has 0 radical (unpaired) electrons. The minimum Gasteiger partial charge on any atom is -0.391 e. The fraction of sp³-hybridized carbons (Fsp3) is 0.676. The molecule has 0 bridgehead atoms. The second-order valence-corrected chi connectivity index (χ2v) is 15.1. The molecule has 1 aliphatic rings. The number of aliphatic hydroxyl groups is 1. The lowest BCUT2D eigenvalue weighted by molar-refractivity contribution is -0.144. The molecule has 0 aliphatic carbocycles. The summed E-state index contributed by atoms with van der Waals surface area (Å²) in [5, 5.41) is 16.4. The summed E-state index contributed by atoms with van der Waals surface area (Å²) < 4.78 is 0. The highest BCUT2D eigenvalue weighted by Crippen LogP contribution is 2.28. The summed E-state index contributed by atoms with van der Waals surface area (Å²) >= 11 is 1.59. The van der Waals surface area contributed by atoms with Gasteiger partial charge in [0.15, 0.2) is 0 Å². The Morgan fingerprint density at radius 1 is 0.957 bits per heavy atom. The maximum Gasteiger partial charge on any atom is 0.246 e. The van der Waals surface area contributed by atoms with Crippen LogP contribution in [0.2, 0.25) is 0 Å². The van der Waals surface area contributed by atoms with Gasteiger partial charge in [-0.3, -0.25) is 14.4 Å². The maximum absolute atomic E-state index is 13.8. The monoisotopic (exact) mass is 669 g/mol. The molecule has 1 aliphatic heterocycles. The van der Waals surface area contributed by atoms with Gasteiger partial charge in [-0.15, -0.1) is 11.3 Å². The number of rotatable bonds is 20. The molecule has 47 heavy (non-hydrogen) atoms. The molecule has 0 spiro atoms. The highest BCUT2D eigenvalue weighted by Gasteiger charge is 2.44. The van der Waals surface area contributed by atoms with E-state index in [1.807, 2.05) is 57.5 Å². The minimum absolute atomic E-state index is 0.0660. The van der Waals surface area contributed by atoms with Gasteiger partial charge >= 0.3 is 0 Å². The molecular formula is C37H59N5O4S. The van der Waals surface area contributed by atoms with E-state index >= 15 is 0 Å². The maximum atomic E-state index is 13.8. The first-order chi connectivity index (χ1) is 22.5. The Hall–Kier alpha value is -2.82. The number of aromatic nitrogens is 1. The van der Waals surface area contributed by atoms with Gasteiger partial charge in [0.25, 0.3) is 0 Å². The Morgan fingerprint density at radius 2 is 1.53 bits per heavy atom. The fourth-order valence-corrected chi connectivity index (χ4v) is 7.02. The number of nitrogens with one attached hydrogen (secondary N) is 2. The molecule has 1 aromatic heterocycles. The number of aliphatic hydroxyl groups excluding tert-OH is 1. The second-order valence-electron chi connectivity index (χ2n) is 14.2. The Kier molecular flexibility index (Phi) is 16.3. The van der Waals surface area contributed by atoms with E-state index in [0.717, 1.165) is 53.9 Å². The van der Waals surface area contributed by atoms with E-state index in [0.29, 0.717) is 13.0 Å². The van der Waals surface area contributed by atoms with Crippen LogP contribution in [0.1, 0.15) is 122 Å². The van der Waals surface area contributed by atoms with Crippen LogP contribution in [0, 0.1) is 12.3 Å². The van der Waals surface area contributed by atoms with Gasteiger partial charge in [0.2, 0.25) is 17.7 Å². The van der Waals surface area contributed by atoms with Gasteiger partial charge in [0, 0.05) is 25.9 Å². The van der Waals surface area contributed by atoms with E-state index in [1.54, 1.807) is 11.3 Å². The van der Waals surface area contributed by atoms with Crippen LogP contribution in [0.15, 0.2) is 29.8 Å². The summed E-state index contributed by atoms with van der Waals surface area (Å²) in [6, 6.07) is 6.39. The molecular weight excluding hydrogens is 611 g/mol. The number of β-amino-alcohol motifs (C(OH)–C–C–N with tert-alkyl or cyclic N) is 1. The SMILES string of the molecule is Cc1ncsc1-c1ccc(CNC(=O)C2CC(O)CN2C(=O)C(NC(=O)CCCCCCCCCCCCCCN)C(C)(C)C)cc1. The van der Waals surface area contributed by atoms with Gasteiger partial charge < -0.3 is 26.4 Å². The van der Waals surface area contributed by atoms with Crippen LogP contribution in [0.3, 0.4) is 0 Å². The third-order valence-corrected chi connectivity index (χ3v) is 10.0. The average Bonchev–Trinajstić information content (AvgIpc) is 3.65. The van der Waals surface area contributed by atoms with Gasteiger partial charge in [-0.1, -0.05) is 109 Å². The summed E-state index contributed by atoms with van der Waals surface area (Å²) in [4.78, 5) is 47.0. The zero-order valence-electron chi connectivity index (χ0n) is 29.2. The van der Waals surface area contributed by atoms with Crippen LogP contribution in [0.4, 0.5) is 0 Å². The highest BCUT2D eigenvalue weighted by molar-refractivity contribution is 7.13. The van der Waals surface area contributed by atoms with Gasteiger partial charge in [-0.05, 0) is 42.9 Å². The van der Waals surface area contributed by atoms with Gasteiger partial charge in [-0.2, -0.15) is 0 Å². The topological polar surface area (TPSA) is 138 Å². The number of amides is 3. The van der Waals surface area contributed by atoms with Crippen LogP contribution < -0.4 is 16.4 Å². The van der Waals surface area contributed by atoms with Crippen LogP contribution in [0.5, 0.6) is 0 Å². The summed E-state index contributed by atoms with van der Waals surface area (Å²) in [5.41, 5.74) is 9.81. The van der Waals surface area contributed by atoms with E-state index in [9.17, 15) is 19.5 Å². The predicted molar refractivity (Wildman–Crippen MR) is 191 cm³/mol. The molecule has 0 saturated carbocycles. The third-order valence-electron chi connectivity index (χ3n) is 9.07. The van der Waals surface area contributed by atoms with Crippen LogP contribution in [0.25, 0.3) is 10.4 Å². The summed E-state index contributed by atoms with van der Waals surface area (Å²) in [6.07, 6.45) is 13.9. The molecule has 2 aromatic rings. The minimum atomic E-state index is -0.798. The van der Waals surface area contributed by atoms with Crippen molar-refractivity contribution < 1.29 is 19.5 Å². The number of carbonyl (C=O) groups excluding carboxylic acids is 3. The lowest BCUT2D eigenvalue weighted by atomic mass is 9.85. The molecule has 1 fully saturated rings. The zero-order valence-corrected chi connectivity index (χ0v) is 30.0. The molecule has 1 aromatic carbocycles. The molecule has 1 saturated heterocycles. The first-order valence-electron chi connectivity index (χ1n) is 17.8. The van der Waals surface area contributed by atoms with Crippen molar-refractivity contribution in [2.24, 2.45) is 11.1 Å². The van der Waals surface area contributed by atoms with E-state index < -0.39 is 23.6 Å². The standard InChI is InChI=1S/C37H59N5O4S/c1-27-33(47-26-40-27)29-20-18-28(19-21-29)24-39-35(45)31-23-30(43)25-42(31)36(46)34(37(2,3)4)41-32(44)17-15-13-11-9-7-5-6-8-10-12-14-16-22-38/h18-21,26,30-31,34,43H,5-17,22-25,38H2,1-4H3,(H,39,45)(H,41,44). The third kappa shape index (κ3) is 13.0. The number of unbranched alkanes of at least 4 members (excludes halogenated alkanes) is 11. The number of hydrogen-bond acceptors (Lipinski definition) is 7. The van der Waals surface area contributed by atoms with Crippen LogP contribution in [-0.2, 0) is 20.9 Å². The van der Waals surface area contributed by atoms with Crippen molar-refractivity contribution in [1.82, 2.24) is 20.5 Å². The summed E-state index contributed by atoms with van der Waals surface area (Å²) in [6.45, 7) is 8.89. The van der Waals surface area contributed by atoms with Crippen molar-refractivity contribution in [3.63, 3.8) is 0 Å². The Morgan fingerprint density at radius 3 is 2.06 bits per heavy atom. The van der Waals surface area contributed by atoms with Crippen molar-refractivity contribution in [3.05, 3.63) is 41.0 Å². The normalized spacial score (nSPS) is 17.1. The predicted octanol–water partition coefficient (Wildman–Crippen LogP) is 6.26. The van der Waals surface area contributed by atoms with Crippen LogP contribution in [-0.4, -0.2) is 64.0 Å². The quantitative estimate of drug-likeness (QED) is 0.123. The second kappa shape index (κ2) is 19.9. The number of carbonyl (C=O) groups is 3. The molecule has 3 amide bonds. The van der Waals surface area contributed by atoms with E-state index in [-0.39, 0.29) is 30.7 Å². The summed E-state index contributed by atoms with van der Waals surface area (Å²) in [7, 11) is 0. The highest BCUT2D eigenvalue weighted by atomic mass is 32.1. The number of thiazole rings is 1. The average molecular weight is 670 g/mol. The van der Waals surface area contributed by atoms with Crippen molar-refractivity contribution in [2.45, 2.75) is 142 Å². The molecule has 5 N–H and O–H groups in total. The van der Waals surface area contributed by atoms with E-state index in [1.165, 1.54) is 56.3 Å². The van der Waals surface area contributed by atoms with Crippen molar-refractivity contribution >= 4 is 29.1 Å². The van der Waals surface area contributed by atoms with Gasteiger partial charge in [0.1, 0.15) is 12.1 Å². The molecule has 9 nitrogen and oxygen atoms in total. The van der Waals surface area contributed by atoms with E-state index in [4.69, 9.17) is 5.73 Å². The molecule has 10 heteroatoms. The zero-order chi connectivity index (χ0) is 34.2. The summed E-state index contributed by atoms with van der Waals surface area (Å²) in [5.74, 6) is -0.782. The molecule has 262 valence electrons. The van der Waals surface area contributed by atoms with Crippen molar-refractivity contribution in [1.29, 1.82) is 0 Å². The number of aryl methyl sites for hydroxylation is 1. The molecule has 3 unspecified atom stereocenters. The lowest BCUT2D eigenvalue weighted by Gasteiger charge is -2.35. The van der Waals surface area contributed by atoms with Crippen LogP contribution >= 0.6 is 11.3 Å². The smallest absolute Gasteiger partial charge is 0.246 e. The van der Waals surface area contributed by atoms with Gasteiger partial charge in [-0.25, -0.2) is 4.98 Å². The molecule has 3 rings (SSSR count). The van der Waals surface area contributed by atoms with Crippen molar-refractivity contribution in [3.8, 4) is 10.4 Å². The number of nitrogens with two attached hydrogens (primary N) is 1. The Bertz CT molecular complexity index is 1240. The first-order valence-corrected chi connectivity index (χ1v) is 18.6. The number of likely N-dealkylation sites (tertiary alicyclic amines) is 1. The number of nitrogens with zero attached hydrogens (tertiary/aromatic N) is 2. The van der Waals surface area contributed by atoms with Crippen molar-refractivity contribution in [2.75, 3.05) is 13.1 Å². The molecule has 3 atom stereocenters. The van der Waals surface area contributed by atoms with Gasteiger partial charge in [0.05, 0.1) is 22.2 Å². The fourth-order valence-electron chi connectivity index (χ4n) is 6.21. The first kappa shape index (κ1) is 38.6. The Labute approximate surface area is 286 Å². The lowest BCUT2D eigenvalue weighted by Crippen LogP contribution is -2.57. The molecule has 2 heterocycles. The number of benzene rings is 1.